The Hall–Kier alpha value is -0.720. The molecular formula is C12H15BrN2O2S. The van der Waals surface area contributed by atoms with Crippen molar-refractivity contribution >= 4 is 39.7 Å². The molecule has 4 nitrogen and oxygen atoms in total. The topological polar surface area (TPSA) is 43.8 Å². The molecule has 0 fully saturated rings. The van der Waals surface area contributed by atoms with E-state index in [4.69, 9.17) is 0 Å². The maximum atomic E-state index is 11.3. The number of halogens is 1. The SMILES string of the molecule is CC1CN(SN(C)C)c2cc(Br)cc(C(=O)O)c21. The molecule has 1 aromatic carbocycles. The number of carboxylic acids is 1. The molecule has 2 rings (SSSR count). The van der Waals surface area contributed by atoms with Gasteiger partial charge in [-0.15, -0.1) is 0 Å². The molecule has 0 aliphatic carbocycles. The lowest BCUT2D eigenvalue weighted by Crippen LogP contribution is -2.18. The zero-order valence-electron chi connectivity index (χ0n) is 10.5. The number of fused-ring (bicyclic) bond motifs is 1. The van der Waals surface area contributed by atoms with E-state index in [1.165, 1.54) is 0 Å². The van der Waals surface area contributed by atoms with Gasteiger partial charge in [0.1, 0.15) is 0 Å². The lowest BCUT2D eigenvalue weighted by atomic mass is 9.97. The molecule has 1 heterocycles. The average Bonchev–Trinajstić information content (AvgIpc) is 2.53. The van der Waals surface area contributed by atoms with Crippen molar-refractivity contribution in [1.82, 2.24) is 4.31 Å². The molecule has 0 saturated heterocycles. The van der Waals surface area contributed by atoms with Gasteiger partial charge in [0.05, 0.1) is 11.3 Å². The normalized spacial score (nSPS) is 18.3. The van der Waals surface area contributed by atoms with Crippen LogP contribution in [0.5, 0.6) is 0 Å². The second-order valence-electron chi connectivity index (χ2n) is 4.55. The molecule has 0 spiro atoms. The predicted octanol–water partition coefficient (Wildman–Crippen LogP) is 3.20. The van der Waals surface area contributed by atoms with Crippen LogP contribution in [0.1, 0.15) is 28.8 Å². The Morgan fingerprint density at radius 3 is 2.78 bits per heavy atom. The number of carbonyl (C=O) groups is 1. The molecule has 0 amide bonds. The van der Waals surface area contributed by atoms with Gasteiger partial charge < -0.3 is 9.41 Å². The number of benzene rings is 1. The van der Waals surface area contributed by atoms with Crippen LogP contribution in [-0.4, -0.2) is 36.0 Å². The Bertz CT molecular complexity index is 493. The maximum Gasteiger partial charge on any atom is 0.336 e. The van der Waals surface area contributed by atoms with Gasteiger partial charge in [-0.05, 0) is 31.8 Å². The van der Waals surface area contributed by atoms with Gasteiger partial charge >= 0.3 is 5.97 Å². The predicted molar refractivity (Wildman–Crippen MR) is 78.1 cm³/mol. The first kappa shape index (κ1) is 13.7. The fraction of sp³-hybridized carbons (Fsp3) is 0.417. The minimum atomic E-state index is -0.865. The molecule has 0 radical (unpaired) electrons. The summed E-state index contributed by atoms with van der Waals surface area (Å²) in [5, 5.41) is 9.30. The summed E-state index contributed by atoms with van der Waals surface area (Å²) < 4.78 is 4.94. The summed E-state index contributed by atoms with van der Waals surface area (Å²) >= 11 is 4.98. The van der Waals surface area contributed by atoms with E-state index in [1.807, 2.05) is 24.5 Å². The van der Waals surface area contributed by atoms with Crippen LogP contribution in [0.3, 0.4) is 0 Å². The van der Waals surface area contributed by atoms with Gasteiger partial charge in [-0.2, -0.15) is 0 Å². The van der Waals surface area contributed by atoms with Crippen molar-refractivity contribution in [2.24, 2.45) is 0 Å². The van der Waals surface area contributed by atoms with Gasteiger partial charge in [0.15, 0.2) is 0 Å². The monoisotopic (exact) mass is 330 g/mol. The Balaban J connectivity index is 2.50. The Morgan fingerprint density at radius 1 is 1.56 bits per heavy atom. The summed E-state index contributed by atoms with van der Waals surface area (Å²) in [4.78, 5) is 11.3. The van der Waals surface area contributed by atoms with Crippen molar-refractivity contribution in [2.45, 2.75) is 12.8 Å². The second-order valence-corrected chi connectivity index (χ2v) is 6.80. The van der Waals surface area contributed by atoms with Crippen LogP contribution in [0.4, 0.5) is 5.69 Å². The van der Waals surface area contributed by atoms with Crippen molar-refractivity contribution in [2.75, 3.05) is 24.9 Å². The summed E-state index contributed by atoms with van der Waals surface area (Å²) in [5.41, 5.74) is 2.32. The first-order valence-electron chi connectivity index (χ1n) is 5.60. The second kappa shape index (κ2) is 5.11. The minimum absolute atomic E-state index is 0.228. The van der Waals surface area contributed by atoms with Gasteiger partial charge in [0.2, 0.25) is 0 Å². The van der Waals surface area contributed by atoms with Crippen LogP contribution in [0.2, 0.25) is 0 Å². The third-order valence-electron chi connectivity index (χ3n) is 2.82. The summed E-state index contributed by atoms with van der Waals surface area (Å²) in [7, 11) is 3.95. The van der Waals surface area contributed by atoms with Crippen LogP contribution in [0, 0.1) is 0 Å². The molecule has 1 unspecified atom stereocenters. The quantitative estimate of drug-likeness (QED) is 0.862. The molecule has 1 aliphatic heterocycles. The Morgan fingerprint density at radius 2 is 2.22 bits per heavy atom. The number of hydrogen-bond acceptors (Lipinski definition) is 4. The van der Waals surface area contributed by atoms with Crippen LogP contribution >= 0.6 is 28.1 Å². The zero-order valence-corrected chi connectivity index (χ0v) is 12.9. The lowest BCUT2D eigenvalue weighted by Gasteiger charge is -2.21. The Kier molecular flexibility index (Phi) is 3.89. The highest BCUT2D eigenvalue weighted by atomic mass is 79.9. The molecule has 1 N–H and O–H groups in total. The van der Waals surface area contributed by atoms with Crippen LogP contribution < -0.4 is 4.31 Å². The summed E-state index contributed by atoms with van der Waals surface area (Å²) in [5.74, 6) is -0.636. The summed E-state index contributed by atoms with van der Waals surface area (Å²) in [6, 6.07) is 3.67. The molecule has 98 valence electrons. The smallest absolute Gasteiger partial charge is 0.336 e. The van der Waals surface area contributed by atoms with Gasteiger partial charge in [0, 0.05) is 29.1 Å². The van der Waals surface area contributed by atoms with E-state index >= 15 is 0 Å². The third kappa shape index (κ3) is 2.50. The maximum absolute atomic E-state index is 11.3. The fourth-order valence-electron chi connectivity index (χ4n) is 2.22. The van der Waals surface area contributed by atoms with Crippen molar-refractivity contribution in [1.29, 1.82) is 0 Å². The van der Waals surface area contributed by atoms with E-state index in [0.29, 0.717) is 5.56 Å². The van der Waals surface area contributed by atoms with E-state index in [2.05, 4.69) is 27.2 Å². The highest BCUT2D eigenvalue weighted by Crippen LogP contribution is 2.43. The highest BCUT2D eigenvalue weighted by molar-refractivity contribution is 9.10. The molecule has 0 aromatic heterocycles. The minimum Gasteiger partial charge on any atom is -0.478 e. The van der Waals surface area contributed by atoms with E-state index in [1.54, 1.807) is 18.2 Å². The molecule has 6 heteroatoms. The number of hydrogen-bond donors (Lipinski definition) is 1. The summed E-state index contributed by atoms with van der Waals surface area (Å²) in [6.45, 7) is 2.89. The molecule has 0 saturated carbocycles. The molecule has 1 aromatic rings. The molecule has 0 bridgehead atoms. The van der Waals surface area contributed by atoms with Gasteiger partial charge in [-0.25, -0.2) is 9.10 Å². The molecular weight excluding hydrogens is 316 g/mol. The van der Waals surface area contributed by atoms with Crippen molar-refractivity contribution < 1.29 is 9.90 Å². The standard InChI is InChI=1S/C12H15BrN2O2S/c1-7-6-15(18-14(2)3)10-5-8(13)4-9(11(7)10)12(16)17/h4-5,7H,6H2,1-3H3,(H,16,17). The molecule has 18 heavy (non-hydrogen) atoms. The average molecular weight is 331 g/mol. The van der Waals surface area contributed by atoms with Crippen molar-refractivity contribution in [3.05, 3.63) is 27.7 Å². The number of nitrogens with zero attached hydrogens (tertiary/aromatic N) is 2. The molecule has 1 aliphatic rings. The van der Waals surface area contributed by atoms with E-state index in [0.717, 1.165) is 22.3 Å². The van der Waals surface area contributed by atoms with Gasteiger partial charge in [-0.3, -0.25) is 0 Å². The number of rotatable bonds is 3. The van der Waals surface area contributed by atoms with Crippen LogP contribution in [0.15, 0.2) is 16.6 Å². The first-order chi connectivity index (χ1) is 8.40. The van der Waals surface area contributed by atoms with Crippen LogP contribution in [-0.2, 0) is 0 Å². The van der Waals surface area contributed by atoms with E-state index in [9.17, 15) is 9.90 Å². The van der Waals surface area contributed by atoms with Gasteiger partial charge in [-0.1, -0.05) is 22.9 Å². The third-order valence-corrected chi connectivity index (χ3v) is 4.14. The highest BCUT2D eigenvalue weighted by Gasteiger charge is 2.31. The summed E-state index contributed by atoms with van der Waals surface area (Å²) in [6.07, 6.45) is 0. The van der Waals surface area contributed by atoms with E-state index in [-0.39, 0.29) is 5.92 Å². The Labute approximate surface area is 119 Å². The molecule has 1 atom stereocenters. The fourth-order valence-corrected chi connectivity index (χ4v) is 3.59. The number of anilines is 1. The van der Waals surface area contributed by atoms with Crippen LogP contribution in [0.25, 0.3) is 0 Å². The number of aromatic carboxylic acids is 1. The largest absolute Gasteiger partial charge is 0.478 e. The first-order valence-corrected chi connectivity index (χ1v) is 7.12. The van der Waals surface area contributed by atoms with Gasteiger partial charge in [0.25, 0.3) is 0 Å². The number of carboxylic acid groups (broad SMARTS) is 1. The van der Waals surface area contributed by atoms with Crippen molar-refractivity contribution in [3.8, 4) is 0 Å². The zero-order chi connectivity index (χ0) is 13.4. The van der Waals surface area contributed by atoms with E-state index < -0.39 is 5.97 Å². The lowest BCUT2D eigenvalue weighted by molar-refractivity contribution is 0.0695. The van der Waals surface area contributed by atoms with Crippen molar-refractivity contribution in [3.63, 3.8) is 0 Å².